The molecule has 0 radical (unpaired) electrons. The Kier molecular flexibility index (Phi) is 8.92. The number of hydrogen-bond donors (Lipinski definition) is 0. The van der Waals surface area contributed by atoms with Gasteiger partial charge in [-0.15, -0.1) is 0 Å². The summed E-state index contributed by atoms with van der Waals surface area (Å²) in [5, 5.41) is 0.483. The molecule has 2 aromatic carbocycles. The van der Waals surface area contributed by atoms with Crippen molar-refractivity contribution in [1.29, 1.82) is 0 Å². The smallest absolute Gasteiger partial charge is 0.257 e. The maximum atomic E-state index is 13.2. The number of thioether (sulfide) groups is 1. The summed E-state index contributed by atoms with van der Waals surface area (Å²) >= 11 is 1.24. The molecule has 7 nitrogen and oxygen atoms in total. The SMILES string of the molecule is COc1ccc(CCN(C)C(=O)CSc2nc(C)c(Cc3ccc(F)cc3)c(=O)n2C)cc1OC. The van der Waals surface area contributed by atoms with E-state index < -0.39 is 0 Å². The number of likely N-dealkylation sites (N-methyl/N-ethyl adjacent to an activating group) is 1. The van der Waals surface area contributed by atoms with Crippen LogP contribution in [0.3, 0.4) is 0 Å². The molecular weight excluding hydrogens is 469 g/mol. The minimum absolute atomic E-state index is 0.0576. The van der Waals surface area contributed by atoms with Crippen LogP contribution in [0.5, 0.6) is 11.5 Å². The summed E-state index contributed by atoms with van der Waals surface area (Å²) in [6.07, 6.45) is 1.04. The second-order valence-electron chi connectivity index (χ2n) is 8.17. The van der Waals surface area contributed by atoms with Gasteiger partial charge in [-0.2, -0.15) is 0 Å². The van der Waals surface area contributed by atoms with E-state index in [-0.39, 0.29) is 23.0 Å². The summed E-state index contributed by atoms with van der Waals surface area (Å²) in [5.41, 5.74) is 2.86. The highest BCUT2D eigenvalue weighted by atomic mass is 32.2. The summed E-state index contributed by atoms with van der Waals surface area (Å²) in [6, 6.07) is 11.8. The van der Waals surface area contributed by atoms with E-state index in [0.717, 1.165) is 11.1 Å². The number of rotatable bonds is 10. The van der Waals surface area contributed by atoms with Crippen LogP contribution < -0.4 is 15.0 Å². The van der Waals surface area contributed by atoms with Gasteiger partial charge in [0.15, 0.2) is 16.7 Å². The second-order valence-corrected chi connectivity index (χ2v) is 9.11. The van der Waals surface area contributed by atoms with Crippen LogP contribution in [0.15, 0.2) is 52.4 Å². The zero-order valence-corrected chi connectivity index (χ0v) is 21.4. The lowest BCUT2D eigenvalue weighted by atomic mass is 10.1. The lowest BCUT2D eigenvalue weighted by Crippen LogP contribution is -2.31. The first-order valence-corrected chi connectivity index (χ1v) is 12.1. The molecule has 1 heterocycles. The highest BCUT2D eigenvalue weighted by Crippen LogP contribution is 2.27. The molecule has 1 aromatic heterocycles. The van der Waals surface area contributed by atoms with Gasteiger partial charge in [-0.1, -0.05) is 30.0 Å². The maximum Gasteiger partial charge on any atom is 0.257 e. The van der Waals surface area contributed by atoms with Crippen LogP contribution in [0, 0.1) is 12.7 Å². The van der Waals surface area contributed by atoms with Gasteiger partial charge >= 0.3 is 0 Å². The molecule has 0 aliphatic rings. The van der Waals surface area contributed by atoms with Crippen LogP contribution in [-0.2, 0) is 24.7 Å². The molecule has 0 bridgehead atoms. The minimum atomic E-state index is -0.318. The summed E-state index contributed by atoms with van der Waals surface area (Å²) < 4.78 is 25.2. The van der Waals surface area contributed by atoms with Crippen LogP contribution in [0.1, 0.15) is 22.4 Å². The number of aryl methyl sites for hydroxylation is 1. The molecule has 186 valence electrons. The Morgan fingerprint density at radius 3 is 2.40 bits per heavy atom. The Bertz CT molecular complexity index is 1240. The van der Waals surface area contributed by atoms with Crippen molar-refractivity contribution in [2.45, 2.75) is 24.9 Å². The largest absolute Gasteiger partial charge is 0.493 e. The first kappa shape index (κ1) is 26.3. The molecule has 0 saturated heterocycles. The molecule has 0 atom stereocenters. The lowest BCUT2D eigenvalue weighted by molar-refractivity contribution is -0.127. The Labute approximate surface area is 208 Å². The molecule has 9 heteroatoms. The lowest BCUT2D eigenvalue weighted by Gasteiger charge is -2.18. The van der Waals surface area contributed by atoms with Crippen molar-refractivity contribution < 1.29 is 18.7 Å². The monoisotopic (exact) mass is 499 g/mol. The van der Waals surface area contributed by atoms with Crippen molar-refractivity contribution in [3.8, 4) is 11.5 Å². The third kappa shape index (κ3) is 6.63. The van der Waals surface area contributed by atoms with Crippen molar-refractivity contribution in [2.24, 2.45) is 7.05 Å². The number of halogens is 1. The predicted octanol–water partition coefficient (Wildman–Crippen LogP) is 3.63. The van der Waals surface area contributed by atoms with Crippen molar-refractivity contribution in [1.82, 2.24) is 14.5 Å². The van der Waals surface area contributed by atoms with Gasteiger partial charge in [-0.3, -0.25) is 14.2 Å². The maximum absolute atomic E-state index is 13.2. The zero-order valence-electron chi connectivity index (χ0n) is 20.6. The van der Waals surface area contributed by atoms with Crippen LogP contribution in [0.25, 0.3) is 0 Å². The molecule has 0 unspecified atom stereocenters. The van der Waals surface area contributed by atoms with Gasteiger partial charge in [0, 0.05) is 38.3 Å². The van der Waals surface area contributed by atoms with E-state index in [9.17, 15) is 14.0 Å². The van der Waals surface area contributed by atoms with Crippen LogP contribution in [0.4, 0.5) is 4.39 Å². The molecular formula is C26H30FN3O4S. The van der Waals surface area contributed by atoms with Crippen LogP contribution in [0.2, 0.25) is 0 Å². The molecule has 0 N–H and O–H groups in total. The van der Waals surface area contributed by atoms with Gasteiger partial charge in [-0.05, 0) is 48.7 Å². The topological polar surface area (TPSA) is 73.7 Å². The fourth-order valence-corrected chi connectivity index (χ4v) is 4.51. The molecule has 0 aliphatic heterocycles. The fourth-order valence-electron chi connectivity index (χ4n) is 3.56. The van der Waals surface area contributed by atoms with Crippen LogP contribution >= 0.6 is 11.8 Å². The Morgan fingerprint density at radius 1 is 1.09 bits per heavy atom. The number of ether oxygens (including phenoxy) is 2. The molecule has 0 saturated carbocycles. The number of nitrogens with zero attached hydrogens (tertiary/aromatic N) is 3. The number of benzene rings is 2. The van der Waals surface area contributed by atoms with Gasteiger partial charge in [-0.25, -0.2) is 9.37 Å². The van der Waals surface area contributed by atoms with Gasteiger partial charge in [0.05, 0.1) is 20.0 Å². The quantitative estimate of drug-likeness (QED) is 0.313. The van der Waals surface area contributed by atoms with E-state index >= 15 is 0 Å². The second kappa shape index (κ2) is 11.9. The fraction of sp³-hybridized carbons (Fsp3) is 0.346. The van der Waals surface area contributed by atoms with E-state index in [1.807, 2.05) is 18.2 Å². The highest BCUT2D eigenvalue weighted by molar-refractivity contribution is 7.99. The molecule has 35 heavy (non-hydrogen) atoms. The summed E-state index contributed by atoms with van der Waals surface area (Å²) in [5.74, 6) is 1.10. The Hall–Kier alpha value is -3.33. The van der Waals surface area contributed by atoms with E-state index in [1.54, 1.807) is 52.3 Å². The van der Waals surface area contributed by atoms with E-state index in [4.69, 9.17) is 9.47 Å². The summed E-state index contributed by atoms with van der Waals surface area (Å²) in [7, 11) is 6.59. The molecule has 0 fully saturated rings. The van der Waals surface area contributed by atoms with Gasteiger partial charge in [0.25, 0.3) is 5.56 Å². The molecule has 3 rings (SSSR count). The van der Waals surface area contributed by atoms with Crippen molar-refractivity contribution in [2.75, 3.05) is 33.6 Å². The summed E-state index contributed by atoms with van der Waals surface area (Å²) in [4.78, 5) is 31.9. The number of amides is 1. The average Bonchev–Trinajstić information content (AvgIpc) is 2.87. The minimum Gasteiger partial charge on any atom is -0.493 e. The first-order valence-electron chi connectivity index (χ1n) is 11.1. The first-order chi connectivity index (χ1) is 16.7. The van der Waals surface area contributed by atoms with Crippen molar-refractivity contribution in [3.05, 3.63) is 81.0 Å². The predicted molar refractivity (Wildman–Crippen MR) is 135 cm³/mol. The molecule has 0 aliphatic carbocycles. The normalized spacial score (nSPS) is 10.8. The van der Waals surface area contributed by atoms with E-state index in [2.05, 4.69) is 4.98 Å². The van der Waals surface area contributed by atoms with E-state index in [1.165, 1.54) is 28.5 Å². The Balaban J connectivity index is 1.60. The van der Waals surface area contributed by atoms with Crippen molar-refractivity contribution >= 4 is 17.7 Å². The standard InChI is InChI=1S/C26H30FN3O4S/c1-17-21(14-18-6-9-20(27)10-7-18)25(32)30(3)26(28-17)35-16-24(31)29(2)13-12-19-8-11-22(33-4)23(15-19)34-5/h6-11,15H,12-14,16H2,1-5H3. The molecule has 0 spiro atoms. The number of methoxy groups -OCH3 is 2. The zero-order chi connectivity index (χ0) is 25.5. The van der Waals surface area contributed by atoms with Gasteiger partial charge in [0.1, 0.15) is 5.82 Å². The number of carbonyl (C=O) groups excluding carboxylic acids is 1. The van der Waals surface area contributed by atoms with Crippen LogP contribution in [-0.4, -0.2) is 53.9 Å². The summed E-state index contributed by atoms with van der Waals surface area (Å²) in [6.45, 7) is 2.32. The third-order valence-corrected chi connectivity index (χ3v) is 6.79. The molecule has 3 aromatic rings. The number of carbonyl (C=O) groups is 1. The van der Waals surface area contributed by atoms with Crippen molar-refractivity contribution in [3.63, 3.8) is 0 Å². The van der Waals surface area contributed by atoms with E-state index in [0.29, 0.717) is 47.3 Å². The molecule has 1 amide bonds. The highest BCUT2D eigenvalue weighted by Gasteiger charge is 2.16. The van der Waals surface area contributed by atoms with Gasteiger partial charge < -0.3 is 14.4 Å². The number of aromatic nitrogens is 2. The average molecular weight is 500 g/mol. The number of hydrogen-bond acceptors (Lipinski definition) is 6. The van der Waals surface area contributed by atoms with Gasteiger partial charge in [0.2, 0.25) is 5.91 Å². The Morgan fingerprint density at radius 2 is 1.74 bits per heavy atom. The third-order valence-electron chi connectivity index (χ3n) is 5.78.